The number of rotatable bonds is 9. The summed E-state index contributed by atoms with van der Waals surface area (Å²) in [6.45, 7) is 0. The van der Waals surface area contributed by atoms with Gasteiger partial charge in [-0.1, -0.05) is 65.6 Å². The number of hydrogen-bond donors (Lipinski definition) is 1. The molecule has 0 saturated heterocycles. The van der Waals surface area contributed by atoms with E-state index in [4.69, 9.17) is 0 Å². The normalized spacial score (nSPS) is 13.2. The van der Waals surface area contributed by atoms with Crippen LogP contribution >= 0.6 is 59.7 Å². The fourth-order valence-electron chi connectivity index (χ4n) is 4.59. The van der Waals surface area contributed by atoms with Crippen LogP contribution in [0.15, 0.2) is 135 Å². The Kier molecular flexibility index (Phi) is 9.92. The van der Waals surface area contributed by atoms with Gasteiger partial charge in [0.05, 0.1) is 0 Å². The van der Waals surface area contributed by atoms with E-state index in [1.165, 1.54) is 48.2 Å². The van der Waals surface area contributed by atoms with Crippen LogP contribution < -0.4 is 0 Å². The maximum absolute atomic E-state index is 15.5. The van der Waals surface area contributed by atoms with E-state index >= 15 is 13.2 Å². The lowest BCUT2D eigenvalue weighted by atomic mass is 9.80. The van der Waals surface area contributed by atoms with Crippen molar-refractivity contribution in [2.24, 2.45) is 0 Å². The summed E-state index contributed by atoms with van der Waals surface area (Å²) in [6.07, 6.45) is 2.98. The summed E-state index contributed by atoms with van der Waals surface area (Å²) < 4.78 is 73.6. The molecule has 0 bridgehead atoms. The van der Waals surface area contributed by atoms with Crippen LogP contribution in [0.3, 0.4) is 0 Å². The molecule has 0 unspecified atom stereocenters. The minimum Gasteiger partial charge on any atom is -0.206 e. The number of halogens is 5. The van der Waals surface area contributed by atoms with Crippen molar-refractivity contribution in [3.63, 3.8) is 0 Å². The molecule has 5 aromatic rings. The molecule has 0 amide bonds. The Morgan fingerprint density at radius 2 is 1.00 bits per heavy atom. The van der Waals surface area contributed by atoms with Crippen LogP contribution in [0.1, 0.15) is 30.7 Å². The van der Waals surface area contributed by atoms with Crippen LogP contribution in [0.25, 0.3) is 0 Å². The minimum atomic E-state index is -0.491. The van der Waals surface area contributed by atoms with E-state index in [9.17, 15) is 8.78 Å². The summed E-state index contributed by atoms with van der Waals surface area (Å²) >= 11 is 8.56. The molecule has 6 rings (SSSR count). The highest BCUT2D eigenvalue weighted by molar-refractivity contribution is 8.00. The smallest absolute Gasteiger partial charge is 0.138 e. The van der Waals surface area contributed by atoms with E-state index in [0.717, 1.165) is 60.1 Å². The van der Waals surface area contributed by atoms with Gasteiger partial charge in [-0.3, -0.25) is 0 Å². The maximum atomic E-state index is 15.5. The zero-order valence-corrected chi connectivity index (χ0v) is 27.0. The predicted octanol–water partition coefficient (Wildman–Crippen LogP) is 12.5. The lowest BCUT2D eigenvalue weighted by Gasteiger charge is -2.28. The Morgan fingerprint density at radius 3 is 1.57 bits per heavy atom. The van der Waals surface area contributed by atoms with Crippen LogP contribution in [0, 0.1) is 29.1 Å². The van der Waals surface area contributed by atoms with Gasteiger partial charge in [-0.15, -0.1) is 12.6 Å². The third-order valence-corrected chi connectivity index (χ3v) is 11.7. The van der Waals surface area contributed by atoms with Crippen molar-refractivity contribution in [2.75, 3.05) is 0 Å². The van der Waals surface area contributed by atoms with E-state index < -0.39 is 23.3 Å². The molecule has 0 aromatic heterocycles. The molecular weight excluding hydrogens is 664 g/mol. The van der Waals surface area contributed by atoms with E-state index in [-0.39, 0.29) is 16.6 Å². The molecule has 224 valence electrons. The first-order valence-electron chi connectivity index (χ1n) is 13.6. The summed E-state index contributed by atoms with van der Waals surface area (Å²) in [5.41, 5.74) is 0.941. The first-order valence-corrected chi connectivity index (χ1v) is 17.3. The fourth-order valence-corrected chi connectivity index (χ4v) is 8.37. The second-order valence-corrected chi connectivity index (χ2v) is 15.0. The highest BCUT2D eigenvalue weighted by Crippen LogP contribution is 2.46. The second kappa shape index (κ2) is 13.9. The molecule has 5 aromatic carbocycles. The van der Waals surface area contributed by atoms with Gasteiger partial charge in [0.25, 0.3) is 0 Å². The van der Waals surface area contributed by atoms with Crippen LogP contribution in [0.4, 0.5) is 22.0 Å². The summed E-state index contributed by atoms with van der Waals surface area (Å²) in [5, 5.41) is 0. The molecule has 0 spiro atoms. The summed E-state index contributed by atoms with van der Waals surface area (Å²) in [7, 11) is 0. The quantitative estimate of drug-likeness (QED) is 0.121. The van der Waals surface area contributed by atoms with Crippen LogP contribution in [0.5, 0.6) is 0 Å². The molecule has 10 heteroatoms. The molecular formula is C34H23F5S5. The van der Waals surface area contributed by atoms with Gasteiger partial charge in [0.15, 0.2) is 0 Å². The van der Waals surface area contributed by atoms with Crippen molar-refractivity contribution in [1.29, 1.82) is 0 Å². The van der Waals surface area contributed by atoms with Crippen molar-refractivity contribution >= 4 is 59.7 Å². The van der Waals surface area contributed by atoms with Crippen molar-refractivity contribution in [3.05, 3.63) is 126 Å². The first kappa shape index (κ1) is 31.5. The predicted molar refractivity (Wildman–Crippen MR) is 172 cm³/mol. The summed E-state index contributed by atoms with van der Waals surface area (Å²) in [6, 6.07) is 23.4. The van der Waals surface area contributed by atoms with Gasteiger partial charge in [0.1, 0.15) is 29.1 Å². The molecule has 0 N–H and O–H groups in total. The topological polar surface area (TPSA) is 0 Å². The SMILES string of the molecule is Fc1cc(Sc2ccc(Sc3cc(C4CCC4)c(Sc4ccc(Sc5ccccc5F)cc4F)cc3F)cc2F)ccc1S. The third-order valence-electron chi connectivity index (χ3n) is 7.08. The van der Waals surface area contributed by atoms with Gasteiger partial charge in [-0.2, -0.15) is 0 Å². The average molecular weight is 687 g/mol. The molecule has 0 atom stereocenters. The summed E-state index contributed by atoms with van der Waals surface area (Å²) in [5.74, 6) is -2.06. The van der Waals surface area contributed by atoms with Gasteiger partial charge in [-0.25, -0.2) is 22.0 Å². The van der Waals surface area contributed by atoms with Crippen LogP contribution in [-0.4, -0.2) is 0 Å². The first-order chi connectivity index (χ1) is 21.2. The zero-order chi connectivity index (χ0) is 30.8. The molecule has 1 aliphatic carbocycles. The van der Waals surface area contributed by atoms with Crippen LogP contribution in [0.2, 0.25) is 0 Å². The molecule has 1 aliphatic rings. The van der Waals surface area contributed by atoms with Gasteiger partial charge in [0, 0.05) is 44.1 Å². The molecule has 0 nitrogen and oxygen atoms in total. The zero-order valence-electron chi connectivity index (χ0n) is 22.8. The van der Waals surface area contributed by atoms with Crippen LogP contribution in [-0.2, 0) is 0 Å². The largest absolute Gasteiger partial charge is 0.206 e. The van der Waals surface area contributed by atoms with Crippen molar-refractivity contribution in [3.8, 4) is 0 Å². The van der Waals surface area contributed by atoms with Gasteiger partial charge >= 0.3 is 0 Å². The average Bonchev–Trinajstić information content (AvgIpc) is 2.96. The Bertz CT molecular complexity index is 1840. The monoisotopic (exact) mass is 686 g/mol. The molecule has 0 radical (unpaired) electrons. The molecule has 1 fully saturated rings. The number of benzene rings is 5. The molecule has 0 heterocycles. The highest BCUT2D eigenvalue weighted by atomic mass is 32.2. The Labute approximate surface area is 275 Å². The third kappa shape index (κ3) is 7.31. The molecule has 1 saturated carbocycles. The van der Waals surface area contributed by atoms with Crippen molar-refractivity contribution < 1.29 is 22.0 Å². The molecule has 0 aliphatic heterocycles. The van der Waals surface area contributed by atoms with Gasteiger partial charge in [0.2, 0.25) is 0 Å². The van der Waals surface area contributed by atoms with E-state index in [1.54, 1.807) is 54.6 Å². The minimum absolute atomic E-state index is 0.216. The fraction of sp³-hybridized carbons (Fsp3) is 0.118. The Morgan fingerprint density at radius 1 is 0.477 bits per heavy atom. The summed E-state index contributed by atoms with van der Waals surface area (Å²) in [4.78, 5) is 3.92. The van der Waals surface area contributed by atoms with Crippen molar-refractivity contribution in [2.45, 2.75) is 69.2 Å². The Hall–Kier alpha value is -2.50. The lowest BCUT2D eigenvalue weighted by molar-refractivity contribution is 0.412. The second-order valence-electron chi connectivity index (χ2n) is 10.1. The Balaban J connectivity index is 1.21. The van der Waals surface area contributed by atoms with E-state index in [2.05, 4.69) is 12.6 Å². The highest BCUT2D eigenvalue weighted by Gasteiger charge is 2.25. The number of hydrogen-bond acceptors (Lipinski definition) is 5. The number of thiol groups is 1. The van der Waals surface area contributed by atoms with E-state index in [1.807, 2.05) is 0 Å². The standard InChI is InChI=1S/C34H23F5S5/c35-24-6-1-2-7-30(24)41-21-10-13-32(27(38)15-21)44-33-18-28(39)34(17-23(33)19-4-3-5-19)43-22-9-12-31(26(37)16-22)42-20-8-11-29(40)25(36)14-20/h1-2,6-19,40H,3-5H2. The molecule has 44 heavy (non-hydrogen) atoms. The van der Waals surface area contributed by atoms with Gasteiger partial charge < -0.3 is 0 Å². The van der Waals surface area contributed by atoms with Crippen molar-refractivity contribution in [1.82, 2.24) is 0 Å². The lowest BCUT2D eigenvalue weighted by Crippen LogP contribution is -2.10. The van der Waals surface area contributed by atoms with E-state index in [0.29, 0.717) is 39.2 Å². The van der Waals surface area contributed by atoms with Gasteiger partial charge in [-0.05, 0) is 103 Å². The maximum Gasteiger partial charge on any atom is 0.138 e.